The lowest BCUT2D eigenvalue weighted by Crippen LogP contribution is -2.55. The van der Waals surface area contributed by atoms with E-state index in [2.05, 4.69) is 0 Å². The first-order valence-corrected chi connectivity index (χ1v) is 7.92. The van der Waals surface area contributed by atoms with Crippen molar-refractivity contribution >= 4 is 25.2 Å². The molecule has 1 heterocycles. The fourth-order valence-corrected chi connectivity index (χ4v) is 3.78. The predicted octanol–water partition coefficient (Wildman–Crippen LogP) is 0.587. The van der Waals surface area contributed by atoms with Gasteiger partial charge >= 0.3 is 25.2 Å². The maximum atomic E-state index is 12.3. The molecular formula is C14H20BO8+. The van der Waals surface area contributed by atoms with Gasteiger partial charge in [-0.25, -0.2) is 0 Å². The third-order valence-corrected chi connectivity index (χ3v) is 5.30. The summed E-state index contributed by atoms with van der Waals surface area (Å²) < 4.78 is 15.2. The summed E-state index contributed by atoms with van der Waals surface area (Å²) in [5.74, 6) is -2.62. The van der Waals surface area contributed by atoms with E-state index in [1.54, 1.807) is 0 Å². The summed E-state index contributed by atoms with van der Waals surface area (Å²) in [4.78, 5) is 33.8. The summed E-state index contributed by atoms with van der Waals surface area (Å²) in [6.07, 6.45) is 2.93. The normalized spacial score (nSPS) is 28.7. The van der Waals surface area contributed by atoms with E-state index in [-0.39, 0.29) is 12.8 Å². The highest BCUT2D eigenvalue weighted by Gasteiger charge is 2.65. The van der Waals surface area contributed by atoms with E-state index in [0.29, 0.717) is 25.7 Å². The van der Waals surface area contributed by atoms with E-state index in [9.17, 15) is 24.6 Å². The van der Waals surface area contributed by atoms with Crippen LogP contribution in [0.3, 0.4) is 0 Å². The Morgan fingerprint density at radius 2 is 1.74 bits per heavy atom. The summed E-state index contributed by atoms with van der Waals surface area (Å²) >= 11 is 0. The lowest BCUT2D eigenvalue weighted by Gasteiger charge is -2.32. The fraction of sp³-hybridized carbons (Fsp3) is 0.786. The van der Waals surface area contributed by atoms with E-state index in [1.807, 2.05) is 0 Å². The number of aliphatic hydroxyl groups is 1. The topological polar surface area (TPSA) is 124 Å². The van der Waals surface area contributed by atoms with Crippen LogP contribution in [0.25, 0.3) is 0 Å². The first kappa shape index (κ1) is 16.3. The Morgan fingerprint density at radius 3 is 2.26 bits per heavy atom. The minimum Gasteiger partial charge on any atom is -0.480 e. The molecule has 0 aromatic carbocycles. The van der Waals surface area contributed by atoms with Crippen molar-refractivity contribution in [2.75, 3.05) is 0 Å². The van der Waals surface area contributed by atoms with Gasteiger partial charge in [-0.15, -0.1) is 0 Å². The molecule has 1 spiro atoms. The largest absolute Gasteiger partial charge is 0.960 e. The highest BCUT2D eigenvalue weighted by Crippen LogP contribution is 2.45. The Morgan fingerprint density at radius 1 is 1.17 bits per heavy atom. The Hall–Kier alpha value is -1.61. The lowest BCUT2D eigenvalue weighted by molar-refractivity contribution is -0.169. The van der Waals surface area contributed by atoms with Gasteiger partial charge in [-0.05, 0) is 25.7 Å². The van der Waals surface area contributed by atoms with Crippen molar-refractivity contribution in [1.29, 1.82) is 0 Å². The third kappa shape index (κ3) is 2.51. The molecule has 0 radical (unpaired) electrons. The summed E-state index contributed by atoms with van der Waals surface area (Å²) in [5, 5.41) is 19.5. The van der Waals surface area contributed by atoms with Crippen LogP contribution in [0.4, 0.5) is 0 Å². The number of aliphatic hydroxyl groups excluding tert-OH is 1. The number of carboxylic acids is 1. The number of hydrogen-bond donors (Lipinski definition) is 2. The molecule has 0 aromatic rings. The molecule has 0 amide bonds. The quantitative estimate of drug-likeness (QED) is 0.441. The van der Waals surface area contributed by atoms with Crippen LogP contribution in [-0.4, -0.2) is 46.5 Å². The van der Waals surface area contributed by atoms with Gasteiger partial charge in [0.25, 0.3) is 0 Å². The van der Waals surface area contributed by atoms with Crippen LogP contribution in [0.5, 0.6) is 0 Å². The van der Waals surface area contributed by atoms with Crippen molar-refractivity contribution in [3.63, 3.8) is 0 Å². The van der Waals surface area contributed by atoms with Crippen molar-refractivity contribution in [1.82, 2.24) is 0 Å². The predicted molar refractivity (Wildman–Crippen MR) is 76.4 cm³/mol. The van der Waals surface area contributed by atoms with Gasteiger partial charge in [-0.3, -0.25) is 9.59 Å². The first-order valence-electron chi connectivity index (χ1n) is 7.92. The highest BCUT2D eigenvalue weighted by atomic mass is 16.8. The van der Waals surface area contributed by atoms with Gasteiger partial charge in [-0.1, -0.05) is 25.7 Å². The van der Waals surface area contributed by atoms with Crippen molar-refractivity contribution in [2.24, 2.45) is 10.8 Å². The van der Waals surface area contributed by atoms with E-state index < -0.39 is 42.3 Å². The van der Waals surface area contributed by atoms with E-state index >= 15 is 0 Å². The SMILES string of the molecule is O=C(O)C1(C(=O)OB2OC(=[OH+])C3(CCCC3)C(O)O2)CCCC1. The van der Waals surface area contributed by atoms with Crippen LogP contribution >= 0.6 is 0 Å². The number of carboxylic acid groups (broad SMARTS) is 1. The molecule has 1 unspecified atom stereocenters. The van der Waals surface area contributed by atoms with Crippen LogP contribution in [0.1, 0.15) is 51.4 Å². The molecule has 1 atom stereocenters. The average molecular weight is 327 g/mol. The molecule has 1 aliphatic heterocycles. The molecule has 8 nitrogen and oxygen atoms in total. The molecule has 2 saturated carbocycles. The molecule has 9 heteroatoms. The summed E-state index contributed by atoms with van der Waals surface area (Å²) in [5.41, 5.74) is -2.59. The third-order valence-electron chi connectivity index (χ3n) is 5.30. The molecular weight excluding hydrogens is 307 g/mol. The van der Waals surface area contributed by atoms with Crippen molar-refractivity contribution in [2.45, 2.75) is 57.7 Å². The number of aliphatic carboxylic acids is 1. The van der Waals surface area contributed by atoms with Crippen LogP contribution in [0, 0.1) is 10.8 Å². The fourth-order valence-electron chi connectivity index (χ4n) is 3.78. The van der Waals surface area contributed by atoms with Gasteiger partial charge in [0, 0.05) is 0 Å². The van der Waals surface area contributed by atoms with Crippen molar-refractivity contribution in [3.05, 3.63) is 0 Å². The average Bonchev–Trinajstić information content (AvgIpc) is 3.16. The maximum Gasteiger partial charge on any atom is 0.960 e. The second-order valence-electron chi connectivity index (χ2n) is 6.56. The Labute approximate surface area is 133 Å². The number of hydrogen-bond acceptors (Lipinski definition) is 6. The zero-order chi connectivity index (χ0) is 16.7. The maximum absolute atomic E-state index is 12.3. The molecule has 3 N–H and O–H groups in total. The van der Waals surface area contributed by atoms with Gasteiger partial charge in [0.2, 0.25) is 0 Å². The second-order valence-corrected chi connectivity index (χ2v) is 6.56. The van der Waals surface area contributed by atoms with Crippen LogP contribution in [-0.2, 0) is 23.6 Å². The summed E-state index contributed by atoms with van der Waals surface area (Å²) in [6, 6.07) is 0. The van der Waals surface area contributed by atoms with Gasteiger partial charge in [0.05, 0.1) is 0 Å². The molecule has 126 valence electrons. The molecule has 0 bridgehead atoms. The zero-order valence-electron chi connectivity index (χ0n) is 12.7. The molecule has 1 saturated heterocycles. The van der Waals surface area contributed by atoms with Gasteiger partial charge < -0.3 is 29.0 Å². The monoisotopic (exact) mass is 327 g/mol. The van der Waals surface area contributed by atoms with Crippen LogP contribution in [0.15, 0.2) is 0 Å². The summed E-state index contributed by atoms with van der Waals surface area (Å²) in [6.45, 7) is 0. The number of carbonyl (C=O) groups is 2. The Balaban J connectivity index is 1.68. The smallest absolute Gasteiger partial charge is 0.480 e. The molecule has 3 rings (SSSR count). The molecule has 2 aliphatic carbocycles. The second kappa shape index (κ2) is 5.79. The van der Waals surface area contributed by atoms with Gasteiger partial charge in [0.1, 0.15) is 0 Å². The standard InChI is InChI=1S/C14H19BO8/c16-9(17)13(5-1-2-6-13)10(18)21-15-22-11(19)14(12(20)23-15)7-3-4-8-14/h11,19H,1-8H2,(H,16,17)/p+1. The zero-order valence-corrected chi connectivity index (χ0v) is 12.7. The first-order chi connectivity index (χ1) is 10.9. The highest BCUT2D eigenvalue weighted by molar-refractivity contribution is 6.43. The van der Waals surface area contributed by atoms with E-state index in [1.165, 1.54) is 0 Å². The van der Waals surface area contributed by atoms with Crippen molar-refractivity contribution < 1.29 is 38.6 Å². The van der Waals surface area contributed by atoms with E-state index in [0.717, 1.165) is 12.8 Å². The number of rotatable bonds is 3. The Bertz CT molecular complexity index is 521. The van der Waals surface area contributed by atoms with Gasteiger partial charge in [0.15, 0.2) is 17.1 Å². The Kier molecular flexibility index (Phi) is 4.09. The minimum atomic E-state index is -1.64. The molecule has 0 aromatic heterocycles. The molecule has 3 aliphatic rings. The molecule has 23 heavy (non-hydrogen) atoms. The van der Waals surface area contributed by atoms with Crippen molar-refractivity contribution in [3.8, 4) is 0 Å². The van der Waals surface area contributed by atoms with Gasteiger partial charge in [-0.2, -0.15) is 0 Å². The van der Waals surface area contributed by atoms with E-state index in [4.69, 9.17) is 14.0 Å². The van der Waals surface area contributed by atoms with Crippen LogP contribution < -0.4 is 0 Å². The summed E-state index contributed by atoms with van der Waals surface area (Å²) in [7, 11) is -1.64. The molecule has 3 fully saturated rings. The number of carbonyl (C=O) groups excluding carboxylic acids is 2. The lowest BCUT2D eigenvalue weighted by atomic mass is 9.82. The minimum absolute atomic E-state index is 0.191. The van der Waals surface area contributed by atoms with Crippen LogP contribution in [0.2, 0.25) is 0 Å².